The summed E-state index contributed by atoms with van der Waals surface area (Å²) in [6, 6.07) is 16.1. The van der Waals surface area contributed by atoms with Crippen molar-refractivity contribution in [3.8, 4) is 11.1 Å². The van der Waals surface area contributed by atoms with Crippen LogP contribution in [0.4, 0.5) is 5.69 Å². The van der Waals surface area contributed by atoms with Gasteiger partial charge in [0.15, 0.2) is 0 Å². The molecule has 0 fully saturated rings. The third-order valence-electron chi connectivity index (χ3n) is 2.64. The standard InChI is InChI=1S/C15H15NO/c1-11-6-3-4-9-15(11)13-7-5-8-14(10-13)16-12(2)17/h3-10H,1-2H3,(H,16,17). The highest BCUT2D eigenvalue weighted by atomic mass is 16.1. The predicted octanol–water partition coefficient (Wildman–Crippen LogP) is 3.62. The molecule has 2 aromatic carbocycles. The summed E-state index contributed by atoms with van der Waals surface area (Å²) in [5.74, 6) is -0.0491. The van der Waals surface area contributed by atoms with Gasteiger partial charge < -0.3 is 5.32 Å². The second-order valence-electron chi connectivity index (χ2n) is 4.08. The Hall–Kier alpha value is -2.09. The van der Waals surface area contributed by atoms with Crippen LogP contribution in [0.3, 0.4) is 0 Å². The van der Waals surface area contributed by atoms with Gasteiger partial charge in [-0.1, -0.05) is 36.4 Å². The maximum absolute atomic E-state index is 11.0. The number of hydrogen-bond donors (Lipinski definition) is 1. The van der Waals surface area contributed by atoms with Crippen LogP contribution in [0, 0.1) is 6.92 Å². The topological polar surface area (TPSA) is 29.1 Å². The zero-order valence-electron chi connectivity index (χ0n) is 10.0. The van der Waals surface area contributed by atoms with Crippen LogP contribution in [0.25, 0.3) is 11.1 Å². The fourth-order valence-electron chi connectivity index (χ4n) is 1.86. The predicted molar refractivity (Wildman–Crippen MR) is 70.9 cm³/mol. The average Bonchev–Trinajstić information content (AvgIpc) is 2.29. The number of anilines is 1. The van der Waals surface area contributed by atoms with Crippen LogP contribution in [0.5, 0.6) is 0 Å². The van der Waals surface area contributed by atoms with E-state index in [1.165, 1.54) is 18.1 Å². The molecule has 0 saturated heterocycles. The van der Waals surface area contributed by atoms with Gasteiger partial charge in [0.25, 0.3) is 0 Å². The second kappa shape index (κ2) is 4.83. The highest BCUT2D eigenvalue weighted by molar-refractivity contribution is 5.89. The third kappa shape index (κ3) is 2.72. The molecule has 2 heteroatoms. The fourth-order valence-corrected chi connectivity index (χ4v) is 1.86. The monoisotopic (exact) mass is 225 g/mol. The van der Waals surface area contributed by atoms with E-state index in [-0.39, 0.29) is 5.91 Å². The Bertz CT molecular complexity index is 546. The van der Waals surface area contributed by atoms with E-state index in [1.54, 1.807) is 0 Å². The molecule has 0 aliphatic rings. The van der Waals surface area contributed by atoms with Crippen LogP contribution >= 0.6 is 0 Å². The SMILES string of the molecule is CC(=O)Nc1cccc(-c2ccccc2C)c1. The molecule has 2 rings (SSSR count). The normalized spacial score (nSPS) is 10.0. The first kappa shape index (κ1) is 11.4. The zero-order valence-corrected chi connectivity index (χ0v) is 10.0. The second-order valence-corrected chi connectivity index (χ2v) is 4.08. The molecule has 1 N–H and O–H groups in total. The van der Waals surface area contributed by atoms with Crippen LogP contribution in [-0.4, -0.2) is 5.91 Å². The smallest absolute Gasteiger partial charge is 0.221 e. The molecule has 0 aliphatic carbocycles. The number of hydrogen-bond acceptors (Lipinski definition) is 1. The molecule has 0 heterocycles. The van der Waals surface area contributed by atoms with Gasteiger partial charge in [0.2, 0.25) is 5.91 Å². The van der Waals surface area contributed by atoms with Gasteiger partial charge in [0, 0.05) is 12.6 Å². The highest BCUT2D eigenvalue weighted by Crippen LogP contribution is 2.25. The Balaban J connectivity index is 2.40. The lowest BCUT2D eigenvalue weighted by Crippen LogP contribution is -2.05. The number of benzene rings is 2. The molecule has 0 aromatic heterocycles. The van der Waals surface area contributed by atoms with E-state index >= 15 is 0 Å². The quantitative estimate of drug-likeness (QED) is 0.831. The van der Waals surface area contributed by atoms with E-state index in [9.17, 15) is 4.79 Å². The molecule has 0 radical (unpaired) electrons. The van der Waals surface area contributed by atoms with Crippen molar-refractivity contribution in [3.05, 3.63) is 54.1 Å². The molecule has 2 nitrogen and oxygen atoms in total. The van der Waals surface area contributed by atoms with Crippen molar-refractivity contribution in [2.45, 2.75) is 13.8 Å². The molecule has 0 atom stereocenters. The molecule has 86 valence electrons. The zero-order chi connectivity index (χ0) is 12.3. The van der Waals surface area contributed by atoms with Gasteiger partial charge in [-0.05, 0) is 35.7 Å². The van der Waals surface area contributed by atoms with Crippen molar-refractivity contribution < 1.29 is 4.79 Å². The summed E-state index contributed by atoms with van der Waals surface area (Å²) in [7, 11) is 0. The van der Waals surface area contributed by atoms with Crippen molar-refractivity contribution in [1.82, 2.24) is 0 Å². The lowest BCUT2D eigenvalue weighted by molar-refractivity contribution is -0.114. The van der Waals surface area contributed by atoms with Gasteiger partial charge >= 0.3 is 0 Å². The van der Waals surface area contributed by atoms with Crippen LogP contribution in [0.1, 0.15) is 12.5 Å². The van der Waals surface area contributed by atoms with Crippen LogP contribution < -0.4 is 5.32 Å². The summed E-state index contributed by atoms with van der Waals surface area (Å²) in [5, 5.41) is 2.80. The Kier molecular flexibility index (Phi) is 3.24. The number of carbonyl (C=O) groups excluding carboxylic acids is 1. The molecule has 0 unspecified atom stereocenters. The molecule has 2 aromatic rings. The number of nitrogens with one attached hydrogen (secondary N) is 1. The molecule has 0 spiro atoms. The van der Waals surface area contributed by atoms with Gasteiger partial charge in [-0.15, -0.1) is 0 Å². The first-order chi connectivity index (χ1) is 8.16. The maximum atomic E-state index is 11.0. The lowest BCUT2D eigenvalue weighted by atomic mass is 10.0. The Morgan fingerprint density at radius 1 is 1.06 bits per heavy atom. The first-order valence-corrected chi connectivity index (χ1v) is 5.60. The molecule has 1 amide bonds. The van der Waals surface area contributed by atoms with Crippen LogP contribution in [0.2, 0.25) is 0 Å². The summed E-state index contributed by atoms with van der Waals surface area (Å²) in [5.41, 5.74) is 4.37. The Morgan fingerprint density at radius 3 is 2.53 bits per heavy atom. The number of carbonyl (C=O) groups is 1. The maximum Gasteiger partial charge on any atom is 0.221 e. The number of aryl methyl sites for hydroxylation is 1. The van der Waals surface area contributed by atoms with Crippen molar-refractivity contribution in [2.75, 3.05) is 5.32 Å². The third-order valence-corrected chi connectivity index (χ3v) is 2.64. The van der Waals surface area contributed by atoms with E-state index in [0.717, 1.165) is 11.3 Å². The molecule has 0 bridgehead atoms. The minimum Gasteiger partial charge on any atom is -0.326 e. The fraction of sp³-hybridized carbons (Fsp3) is 0.133. The molecule has 0 saturated carbocycles. The molecule has 0 aliphatic heterocycles. The van der Waals surface area contributed by atoms with Crippen molar-refractivity contribution >= 4 is 11.6 Å². The highest BCUT2D eigenvalue weighted by Gasteiger charge is 2.02. The van der Waals surface area contributed by atoms with Crippen molar-refractivity contribution in [3.63, 3.8) is 0 Å². The largest absolute Gasteiger partial charge is 0.326 e. The first-order valence-electron chi connectivity index (χ1n) is 5.60. The number of rotatable bonds is 2. The van der Waals surface area contributed by atoms with Crippen LogP contribution in [-0.2, 0) is 4.79 Å². The minimum absolute atomic E-state index is 0.0491. The van der Waals surface area contributed by atoms with Crippen molar-refractivity contribution in [1.29, 1.82) is 0 Å². The summed E-state index contributed by atoms with van der Waals surface area (Å²) in [6.07, 6.45) is 0. The van der Waals surface area contributed by atoms with Gasteiger partial charge in [-0.25, -0.2) is 0 Å². The van der Waals surface area contributed by atoms with Crippen molar-refractivity contribution in [2.24, 2.45) is 0 Å². The van der Waals surface area contributed by atoms with E-state index in [1.807, 2.05) is 36.4 Å². The summed E-state index contributed by atoms with van der Waals surface area (Å²) in [6.45, 7) is 3.60. The lowest BCUT2D eigenvalue weighted by Gasteiger charge is -2.08. The Labute approximate surface area is 101 Å². The van der Waals surface area contributed by atoms with Gasteiger partial charge in [0.05, 0.1) is 0 Å². The minimum atomic E-state index is -0.0491. The molecular weight excluding hydrogens is 210 g/mol. The van der Waals surface area contributed by atoms with E-state index < -0.39 is 0 Å². The average molecular weight is 225 g/mol. The van der Waals surface area contributed by atoms with E-state index in [0.29, 0.717) is 0 Å². The summed E-state index contributed by atoms with van der Waals surface area (Å²) in [4.78, 5) is 11.0. The Morgan fingerprint density at radius 2 is 1.82 bits per heavy atom. The van der Waals surface area contributed by atoms with Crippen LogP contribution in [0.15, 0.2) is 48.5 Å². The summed E-state index contributed by atoms with van der Waals surface area (Å²) < 4.78 is 0. The van der Waals surface area contributed by atoms with Gasteiger partial charge in [-0.2, -0.15) is 0 Å². The van der Waals surface area contributed by atoms with E-state index in [2.05, 4.69) is 24.4 Å². The summed E-state index contributed by atoms with van der Waals surface area (Å²) >= 11 is 0. The van der Waals surface area contributed by atoms with Gasteiger partial charge in [-0.3, -0.25) is 4.79 Å². The molecular formula is C15H15NO. The molecule has 17 heavy (non-hydrogen) atoms. The number of amides is 1. The van der Waals surface area contributed by atoms with Gasteiger partial charge in [0.1, 0.15) is 0 Å². The van der Waals surface area contributed by atoms with E-state index in [4.69, 9.17) is 0 Å².